The van der Waals surface area contributed by atoms with Crippen molar-refractivity contribution in [2.75, 3.05) is 13.7 Å². The molecule has 0 aliphatic carbocycles. The molecule has 3 aromatic carbocycles. The monoisotopic (exact) mass is 486 g/mol. The highest BCUT2D eigenvalue weighted by Crippen LogP contribution is 2.28. The number of nitrogens with zero attached hydrogens (tertiary/aromatic N) is 1. The van der Waals surface area contributed by atoms with Crippen molar-refractivity contribution >= 4 is 41.3 Å². The van der Waals surface area contributed by atoms with Crippen molar-refractivity contribution in [3.63, 3.8) is 0 Å². The molecular formula is C24H20Cl2N2O5. The number of hydrogen-bond acceptors (Lipinski definition) is 6. The van der Waals surface area contributed by atoms with Crippen LogP contribution in [0.5, 0.6) is 17.2 Å². The number of rotatable bonds is 8. The summed E-state index contributed by atoms with van der Waals surface area (Å²) < 4.78 is 16.1. The predicted octanol–water partition coefficient (Wildman–Crippen LogP) is 5.38. The molecule has 3 aromatic rings. The fourth-order valence-electron chi connectivity index (χ4n) is 2.73. The third-order valence-electron chi connectivity index (χ3n) is 4.35. The average molecular weight is 487 g/mol. The van der Waals surface area contributed by atoms with Gasteiger partial charge < -0.3 is 14.2 Å². The molecule has 0 saturated heterocycles. The molecule has 9 heteroatoms. The summed E-state index contributed by atoms with van der Waals surface area (Å²) in [5.41, 5.74) is 3.71. The molecule has 0 spiro atoms. The Bertz CT molecular complexity index is 1180. The minimum absolute atomic E-state index is 0.244. The van der Waals surface area contributed by atoms with Crippen LogP contribution in [-0.2, 0) is 0 Å². The van der Waals surface area contributed by atoms with Gasteiger partial charge in [-0.25, -0.2) is 10.2 Å². The van der Waals surface area contributed by atoms with Gasteiger partial charge in [-0.05, 0) is 73.2 Å². The van der Waals surface area contributed by atoms with Crippen molar-refractivity contribution in [2.24, 2.45) is 5.10 Å². The molecule has 3 rings (SSSR count). The third kappa shape index (κ3) is 6.47. The first-order valence-electron chi connectivity index (χ1n) is 9.82. The van der Waals surface area contributed by atoms with E-state index in [4.69, 9.17) is 37.4 Å². The van der Waals surface area contributed by atoms with Gasteiger partial charge in [0.1, 0.15) is 5.75 Å². The van der Waals surface area contributed by atoms with Crippen molar-refractivity contribution in [3.05, 3.63) is 87.4 Å². The Morgan fingerprint density at radius 2 is 1.67 bits per heavy atom. The molecule has 170 valence electrons. The second-order valence-corrected chi connectivity index (χ2v) is 7.40. The predicted molar refractivity (Wildman–Crippen MR) is 127 cm³/mol. The number of halogens is 2. The first kappa shape index (κ1) is 24.1. The summed E-state index contributed by atoms with van der Waals surface area (Å²) in [6, 6.07) is 16.0. The molecule has 0 radical (unpaired) electrons. The summed E-state index contributed by atoms with van der Waals surface area (Å²) in [4.78, 5) is 24.6. The summed E-state index contributed by atoms with van der Waals surface area (Å²) >= 11 is 11.8. The van der Waals surface area contributed by atoms with Crippen LogP contribution in [0.4, 0.5) is 0 Å². The fraction of sp³-hybridized carbons (Fsp3) is 0.125. The number of benzene rings is 3. The molecule has 0 aromatic heterocycles. The number of hydrogen-bond donors (Lipinski definition) is 1. The van der Waals surface area contributed by atoms with Crippen molar-refractivity contribution in [1.82, 2.24) is 5.43 Å². The highest BCUT2D eigenvalue weighted by molar-refractivity contribution is 6.42. The van der Waals surface area contributed by atoms with Gasteiger partial charge >= 0.3 is 5.97 Å². The number of methoxy groups -OCH3 is 1. The molecule has 0 unspecified atom stereocenters. The van der Waals surface area contributed by atoms with Crippen LogP contribution >= 0.6 is 23.2 Å². The van der Waals surface area contributed by atoms with Crippen molar-refractivity contribution in [1.29, 1.82) is 0 Å². The summed E-state index contributed by atoms with van der Waals surface area (Å²) in [7, 11) is 1.45. The Kier molecular flexibility index (Phi) is 8.29. The maximum absolute atomic E-state index is 12.5. The molecule has 1 N–H and O–H groups in total. The van der Waals surface area contributed by atoms with E-state index in [-0.39, 0.29) is 10.8 Å². The van der Waals surface area contributed by atoms with E-state index < -0.39 is 11.9 Å². The largest absolute Gasteiger partial charge is 0.494 e. The summed E-state index contributed by atoms with van der Waals surface area (Å²) in [5.74, 6) is 0.258. The van der Waals surface area contributed by atoms with E-state index in [2.05, 4.69) is 10.5 Å². The Balaban J connectivity index is 1.65. The minimum atomic E-state index is -0.536. The van der Waals surface area contributed by atoms with E-state index in [9.17, 15) is 9.59 Å². The Morgan fingerprint density at radius 3 is 2.33 bits per heavy atom. The van der Waals surface area contributed by atoms with Gasteiger partial charge in [0.2, 0.25) is 0 Å². The first-order valence-corrected chi connectivity index (χ1v) is 10.6. The summed E-state index contributed by atoms with van der Waals surface area (Å²) in [6.07, 6.45) is 1.43. The van der Waals surface area contributed by atoms with Gasteiger partial charge in [-0.1, -0.05) is 23.2 Å². The lowest BCUT2D eigenvalue weighted by atomic mass is 10.2. The smallest absolute Gasteiger partial charge is 0.343 e. The lowest BCUT2D eigenvalue weighted by Crippen LogP contribution is -2.17. The fourth-order valence-corrected chi connectivity index (χ4v) is 3.03. The molecule has 0 atom stereocenters. The molecule has 1 amide bonds. The zero-order valence-corrected chi connectivity index (χ0v) is 19.3. The standard InChI is InChI=1S/C24H20Cl2N2O5/c1-3-32-18-8-5-16(6-9-18)24(30)33-21-11-4-15(12-22(21)31-2)14-27-28-23(29)17-7-10-19(25)20(26)13-17/h4-14H,3H2,1-2H3,(H,28,29)/b27-14+. The zero-order valence-electron chi connectivity index (χ0n) is 17.8. The second kappa shape index (κ2) is 11.4. The lowest BCUT2D eigenvalue weighted by Gasteiger charge is -2.10. The van der Waals surface area contributed by atoms with E-state index >= 15 is 0 Å². The van der Waals surface area contributed by atoms with E-state index in [1.54, 1.807) is 42.5 Å². The van der Waals surface area contributed by atoms with E-state index in [0.717, 1.165) is 0 Å². The van der Waals surface area contributed by atoms with Crippen molar-refractivity contribution < 1.29 is 23.8 Å². The van der Waals surface area contributed by atoms with E-state index in [0.29, 0.717) is 39.8 Å². The van der Waals surface area contributed by atoms with Crippen LogP contribution in [0.1, 0.15) is 33.2 Å². The van der Waals surface area contributed by atoms with E-state index in [1.165, 1.54) is 31.5 Å². The van der Waals surface area contributed by atoms with Gasteiger partial charge in [0.15, 0.2) is 11.5 Å². The molecule has 0 heterocycles. The topological polar surface area (TPSA) is 86.2 Å². The second-order valence-electron chi connectivity index (χ2n) is 6.59. The molecule has 7 nitrogen and oxygen atoms in total. The molecule has 0 saturated carbocycles. The molecule has 33 heavy (non-hydrogen) atoms. The van der Waals surface area contributed by atoms with Crippen LogP contribution < -0.4 is 19.6 Å². The zero-order chi connectivity index (χ0) is 23.8. The van der Waals surface area contributed by atoms with Gasteiger partial charge in [-0.2, -0.15) is 5.10 Å². The number of nitrogens with one attached hydrogen (secondary N) is 1. The third-order valence-corrected chi connectivity index (χ3v) is 5.09. The van der Waals surface area contributed by atoms with Crippen LogP contribution in [0, 0.1) is 0 Å². The molecule has 0 aliphatic heterocycles. The minimum Gasteiger partial charge on any atom is -0.494 e. The van der Waals surface area contributed by atoms with Crippen LogP contribution in [0.2, 0.25) is 10.0 Å². The molecular weight excluding hydrogens is 467 g/mol. The molecule has 0 aliphatic rings. The maximum Gasteiger partial charge on any atom is 0.343 e. The van der Waals surface area contributed by atoms with Gasteiger partial charge in [-0.15, -0.1) is 0 Å². The molecule has 0 bridgehead atoms. The number of amides is 1. The van der Waals surface area contributed by atoms with Crippen LogP contribution in [0.3, 0.4) is 0 Å². The Morgan fingerprint density at radius 1 is 0.939 bits per heavy atom. The number of carbonyl (C=O) groups excluding carboxylic acids is 2. The maximum atomic E-state index is 12.5. The summed E-state index contributed by atoms with van der Waals surface area (Å²) in [5, 5.41) is 4.56. The number of hydrazone groups is 1. The number of carbonyl (C=O) groups is 2. The van der Waals surface area contributed by atoms with Crippen LogP contribution in [0.25, 0.3) is 0 Å². The Hall–Kier alpha value is -3.55. The number of esters is 1. The SMILES string of the molecule is CCOc1ccc(C(=O)Oc2ccc(/C=N/NC(=O)c3ccc(Cl)c(Cl)c3)cc2OC)cc1. The van der Waals surface area contributed by atoms with Gasteiger partial charge in [-0.3, -0.25) is 4.79 Å². The van der Waals surface area contributed by atoms with E-state index in [1.807, 2.05) is 6.92 Å². The summed E-state index contributed by atoms with van der Waals surface area (Å²) in [6.45, 7) is 2.42. The average Bonchev–Trinajstić information content (AvgIpc) is 2.82. The quantitative estimate of drug-likeness (QED) is 0.200. The number of ether oxygens (including phenoxy) is 3. The van der Waals surface area contributed by atoms with Gasteiger partial charge in [0.05, 0.1) is 35.5 Å². The van der Waals surface area contributed by atoms with Crippen molar-refractivity contribution in [3.8, 4) is 17.2 Å². The normalized spacial score (nSPS) is 10.7. The lowest BCUT2D eigenvalue weighted by molar-refractivity contribution is 0.0729. The molecule has 0 fully saturated rings. The van der Waals surface area contributed by atoms with Crippen molar-refractivity contribution in [2.45, 2.75) is 6.92 Å². The van der Waals surface area contributed by atoms with Gasteiger partial charge in [0.25, 0.3) is 5.91 Å². The Labute approximate surface area is 200 Å². The van der Waals surface area contributed by atoms with Gasteiger partial charge in [0, 0.05) is 5.56 Å². The highest BCUT2D eigenvalue weighted by Gasteiger charge is 2.13. The van der Waals surface area contributed by atoms with Crippen LogP contribution in [0.15, 0.2) is 65.8 Å². The van der Waals surface area contributed by atoms with Crippen LogP contribution in [-0.4, -0.2) is 31.8 Å². The highest BCUT2D eigenvalue weighted by atomic mass is 35.5. The first-order chi connectivity index (χ1) is 15.9.